The van der Waals surface area contributed by atoms with Gasteiger partial charge >= 0.3 is 0 Å². The van der Waals surface area contributed by atoms with Gasteiger partial charge in [-0.05, 0) is 42.5 Å². The fraction of sp³-hybridized carbons (Fsp3) is 0.417. The molecule has 0 saturated carbocycles. The number of hydrogen-bond acceptors (Lipinski definition) is 1. The Hall–Kier alpha value is -1.36. The monoisotopic (exact) mass is 191 g/mol. The van der Waals surface area contributed by atoms with E-state index in [1.165, 1.54) is 6.07 Å². The van der Waals surface area contributed by atoms with E-state index in [9.17, 15) is 4.39 Å². The van der Waals surface area contributed by atoms with Crippen molar-refractivity contribution in [3.05, 3.63) is 34.6 Å². The van der Waals surface area contributed by atoms with Crippen LogP contribution in [0.2, 0.25) is 0 Å². The van der Waals surface area contributed by atoms with Crippen LogP contribution in [0, 0.1) is 30.0 Å². The second kappa shape index (κ2) is 4.23. The number of benzene rings is 1. The van der Waals surface area contributed by atoms with E-state index in [2.05, 4.69) is 13.8 Å². The van der Waals surface area contributed by atoms with Gasteiger partial charge in [-0.3, -0.25) is 0 Å². The number of rotatable bonds is 2. The maximum atomic E-state index is 13.5. The molecule has 0 amide bonds. The summed E-state index contributed by atoms with van der Waals surface area (Å²) >= 11 is 0. The van der Waals surface area contributed by atoms with Gasteiger partial charge in [0.25, 0.3) is 0 Å². The van der Waals surface area contributed by atoms with E-state index in [0.29, 0.717) is 11.5 Å². The second-order valence-corrected chi connectivity index (χ2v) is 3.96. The minimum absolute atomic E-state index is 0.254. The first-order chi connectivity index (χ1) is 6.54. The second-order valence-electron chi connectivity index (χ2n) is 3.96. The summed E-state index contributed by atoms with van der Waals surface area (Å²) in [7, 11) is 0. The summed E-state index contributed by atoms with van der Waals surface area (Å²) < 4.78 is 13.5. The lowest BCUT2D eigenvalue weighted by Gasteiger charge is -2.10. The fourth-order valence-corrected chi connectivity index (χ4v) is 1.51. The molecule has 0 atom stereocenters. The minimum Gasteiger partial charge on any atom is -0.207 e. The number of nitriles is 1. The third-order valence-electron chi connectivity index (χ3n) is 2.16. The van der Waals surface area contributed by atoms with E-state index >= 15 is 0 Å². The Morgan fingerprint density at radius 2 is 2.07 bits per heavy atom. The van der Waals surface area contributed by atoms with Crippen LogP contribution < -0.4 is 0 Å². The fourth-order valence-electron chi connectivity index (χ4n) is 1.51. The Bertz CT molecular complexity index is 351. The first-order valence-corrected chi connectivity index (χ1v) is 4.73. The number of halogens is 1. The summed E-state index contributed by atoms with van der Waals surface area (Å²) in [6, 6.07) is 5.00. The lowest BCUT2D eigenvalue weighted by Crippen LogP contribution is -2.01. The van der Waals surface area contributed by atoms with Gasteiger partial charge in [-0.2, -0.15) is 5.26 Å². The van der Waals surface area contributed by atoms with Crippen molar-refractivity contribution in [2.24, 2.45) is 5.92 Å². The van der Waals surface area contributed by atoms with E-state index in [4.69, 9.17) is 5.26 Å². The molecule has 0 fully saturated rings. The highest BCUT2D eigenvalue weighted by molar-refractivity contribution is 5.38. The molecule has 1 aromatic rings. The molecule has 0 unspecified atom stereocenters. The molecule has 0 heterocycles. The molecule has 1 aromatic carbocycles. The van der Waals surface area contributed by atoms with Crippen LogP contribution in [-0.2, 0) is 6.42 Å². The van der Waals surface area contributed by atoms with E-state index in [1.54, 1.807) is 6.07 Å². The number of hydrogen-bond donors (Lipinski definition) is 0. The van der Waals surface area contributed by atoms with Gasteiger partial charge < -0.3 is 0 Å². The summed E-state index contributed by atoms with van der Waals surface area (Å²) in [6.07, 6.45) is 0.726. The third kappa shape index (κ3) is 2.32. The van der Waals surface area contributed by atoms with E-state index in [1.807, 2.05) is 13.0 Å². The molecule has 2 heteroatoms. The number of aryl methyl sites for hydroxylation is 1. The molecule has 0 aliphatic rings. The molecule has 14 heavy (non-hydrogen) atoms. The SMILES string of the molecule is Cc1cc(C#N)cc(F)c1CC(C)C. The molecule has 1 rings (SSSR count). The van der Waals surface area contributed by atoms with Gasteiger partial charge in [0.05, 0.1) is 11.6 Å². The van der Waals surface area contributed by atoms with Crippen molar-refractivity contribution in [3.63, 3.8) is 0 Å². The van der Waals surface area contributed by atoms with Crippen LogP contribution in [0.1, 0.15) is 30.5 Å². The van der Waals surface area contributed by atoms with Gasteiger partial charge in [-0.25, -0.2) is 4.39 Å². The van der Waals surface area contributed by atoms with Crippen molar-refractivity contribution in [1.29, 1.82) is 5.26 Å². The smallest absolute Gasteiger partial charge is 0.127 e. The Balaban J connectivity index is 3.13. The Labute approximate surface area is 84.2 Å². The van der Waals surface area contributed by atoms with Crippen molar-refractivity contribution < 1.29 is 4.39 Å². The van der Waals surface area contributed by atoms with Crippen molar-refractivity contribution in [2.75, 3.05) is 0 Å². The standard InChI is InChI=1S/C12H14FN/c1-8(2)4-11-9(3)5-10(7-14)6-12(11)13/h5-6,8H,4H2,1-3H3. The molecule has 0 bridgehead atoms. The summed E-state index contributed by atoms with van der Waals surface area (Å²) in [5.41, 5.74) is 2.00. The van der Waals surface area contributed by atoms with Crippen LogP contribution >= 0.6 is 0 Å². The Morgan fingerprint density at radius 3 is 2.50 bits per heavy atom. The van der Waals surface area contributed by atoms with Gasteiger partial charge in [-0.15, -0.1) is 0 Å². The molecule has 0 aromatic heterocycles. The molecule has 0 aliphatic heterocycles. The molecule has 0 saturated heterocycles. The molecular weight excluding hydrogens is 177 g/mol. The Morgan fingerprint density at radius 1 is 1.43 bits per heavy atom. The topological polar surface area (TPSA) is 23.8 Å². The van der Waals surface area contributed by atoms with Crippen LogP contribution in [0.3, 0.4) is 0 Å². The van der Waals surface area contributed by atoms with Gasteiger partial charge in [-0.1, -0.05) is 13.8 Å². The van der Waals surface area contributed by atoms with Crippen molar-refractivity contribution >= 4 is 0 Å². The average molecular weight is 191 g/mol. The Kier molecular flexibility index (Phi) is 3.24. The van der Waals surface area contributed by atoms with Crippen LogP contribution in [0.15, 0.2) is 12.1 Å². The zero-order chi connectivity index (χ0) is 10.7. The maximum absolute atomic E-state index is 13.5. The molecular formula is C12H14FN. The average Bonchev–Trinajstić information content (AvgIpc) is 2.10. The molecule has 0 spiro atoms. The zero-order valence-corrected chi connectivity index (χ0v) is 8.76. The minimum atomic E-state index is -0.254. The van der Waals surface area contributed by atoms with E-state index < -0.39 is 0 Å². The van der Waals surface area contributed by atoms with Gasteiger partial charge in [0.15, 0.2) is 0 Å². The summed E-state index contributed by atoms with van der Waals surface area (Å²) in [5.74, 6) is 0.173. The summed E-state index contributed by atoms with van der Waals surface area (Å²) in [6.45, 7) is 5.95. The van der Waals surface area contributed by atoms with E-state index in [0.717, 1.165) is 17.5 Å². The highest BCUT2D eigenvalue weighted by Crippen LogP contribution is 2.19. The predicted octanol–water partition coefficient (Wildman–Crippen LogP) is 3.20. The molecule has 0 aliphatic carbocycles. The van der Waals surface area contributed by atoms with Crippen molar-refractivity contribution in [3.8, 4) is 6.07 Å². The van der Waals surface area contributed by atoms with Crippen LogP contribution in [-0.4, -0.2) is 0 Å². The van der Waals surface area contributed by atoms with Crippen LogP contribution in [0.25, 0.3) is 0 Å². The van der Waals surface area contributed by atoms with Gasteiger partial charge in [0.2, 0.25) is 0 Å². The zero-order valence-electron chi connectivity index (χ0n) is 8.76. The molecule has 74 valence electrons. The first kappa shape index (κ1) is 10.7. The quantitative estimate of drug-likeness (QED) is 0.704. The maximum Gasteiger partial charge on any atom is 0.127 e. The largest absolute Gasteiger partial charge is 0.207 e. The lowest BCUT2D eigenvalue weighted by atomic mass is 9.96. The molecule has 0 radical (unpaired) electrons. The summed E-state index contributed by atoms with van der Waals surface area (Å²) in [4.78, 5) is 0. The summed E-state index contributed by atoms with van der Waals surface area (Å²) in [5, 5.41) is 8.64. The highest BCUT2D eigenvalue weighted by atomic mass is 19.1. The molecule has 1 nitrogen and oxygen atoms in total. The van der Waals surface area contributed by atoms with Gasteiger partial charge in [0.1, 0.15) is 5.82 Å². The lowest BCUT2D eigenvalue weighted by molar-refractivity contribution is 0.571. The molecule has 0 N–H and O–H groups in total. The normalized spacial score (nSPS) is 10.3. The number of nitrogens with zero attached hydrogens (tertiary/aromatic N) is 1. The van der Waals surface area contributed by atoms with Gasteiger partial charge in [0, 0.05) is 0 Å². The van der Waals surface area contributed by atoms with Crippen LogP contribution in [0.5, 0.6) is 0 Å². The highest BCUT2D eigenvalue weighted by Gasteiger charge is 2.09. The van der Waals surface area contributed by atoms with Crippen molar-refractivity contribution in [1.82, 2.24) is 0 Å². The van der Waals surface area contributed by atoms with Crippen molar-refractivity contribution in [2.45, 2.75) is 27.2 Å². The first-order valence-electron chi connectivity index (χ1n) is 4.73. The van der Waals surface area contributed by atoms with Crippen LogP contribution in [0.4, 0.5) is 4.39 Å². The third-order valence-corrected chi connectivity index (χ3v) is 2.16. The predicted molar refractivity (Wildman–Crippen MR) is 54.4 cm³/mol. The van der Waals surface area contributed by atoms with E-state index in [-0.39, 0.29) is 5.82 Å².